The van der Waals surface area contributed by atoms with Crippen LogP contribution in [0.25, 0.3) is 16.8 Å². The second-order valence-electron chi connectivity index (χ2n) is 8.45. The Morgan fingerprint density at radius 1 is 1.00 bits per heavy atom. The fraction of sp³-hybridized carbons (Fsp3) is 0.259. The van der Waals surface area contributed by atoms with E-state index in [2.05, 4.69) is 28.0 Å². The van der Waals surface area contributed by atoms with Crippen LogP contribution in [0.1, 0.15) is 24.6 Å². The Bertz CT molecular complexity index is 1320. The van der Waals surface area contributed by atoms with Gasteiger partial charge in [0, 0.05) is 42.5 Å². The number of pyridine rings is 1. The highest BCUT2D eigenvalue weighted by Crippen LogP contribution is 2.33. The summed E-state index contributed by atoms with van der Waals surface area (Å²) in [7, 11) is 3.29. The van der Waals surface area contributed by atoms with E-state index in [4.69, 9.17) is 14.5 Å². The van der Waals surface area contributed by atoms with Gasteiger partial charge in [0.1, 0.15) is 17.3 Å². The summed E-state index contributed by atoms with van der Waals surface area (Å²) in [4.78, 5) is 20.0. The number of hydrogen-bond donors (Lipinski definition) is 1. The molecule has 34 heavy (non-hydrogen) atoms. The topological polar surface area (TPSA) is 68.1 Å². The van der Waals surface area contributed by atoms with Crippen molar-refractivity contribution < 1.29 is 14.3 Å². The van der Waals surface area contributed by atoms with Gasteiger partial charge in [-0.05, 0) is 49.2 Å². The Kier molecular flexibility index (Phi) is 6.08. The lowest BCUT2D eigenvalue weighted by Crippen LogP contribution is -2.42. The molecule has 0 bridgehead atoms. The number of urea groups is 1. The van der Waals surface area contributed by atoms with E-state index in [1.54, 1.807) is 14.2 Å². The highest BCUT2D eigenvalue weighted by molar-refractivity contribution is 5.89. The summed E-state index contributed by atoms with van der Waals surface area (Å²) in [6.07, 6.45) is 3.96. The first-order chi connectivity index (χ1) is 16.7. The number of nitrogens with one attached hydrogen (secondary N) is 1. The molecule has 1 N–H and O–H groups in total. The van der Waals surface area contributed by atoms with Crippen LogP contribution in [0.2, 0.25) is 0 Å². The number of hydrogen-bond acceptors (Lipinski definition) is 4. The van der Waals surface area contributed by atoms with Crippen molar-refractivity contribution in [3.05, 3.63) is 78.8 Å². The third-order valence-electron chi connectivity index (χ3n) is 6.31. The van der Waals surface area contributed by atoms with E-state index < -0.39 is 0 Å². The molecule has 0 radical (unpaired) electrons. The normalized spacial score (nSPS) is 15.8. The largest absolute Gasteiger partial charge is 0.497 e. The van der Waals surface area contributed by atoms with Gasteiger partial charge in [-0.25, -0.2) is 9.78 Å². The van der Waals surface area contributed by atoms with Gasteiger partial charge in [-0.15, -0.1) is 0 Å². The number of fused-ring (bicyclic) bond motifs is 1. The van der Waals surface area contributed by atoms with E-state index >= 15 is 0 Å². The van der Waals surface area contributed by atoms with E-state index in [0.717, 1.165) is 53.4 Å². The molecule has 0 aliphatic carbocycles. The van der Waals surface area contributed by atoms with Gasteiger partial charge >= 0.3 is 6.03 Å². The van der Waals surface area contributed by atoms with Crippen molar-refractivity contribution >= 4 is 17.2 Å². The number of likely N-dealkylation sites (tertiary alicyclic amines) is 1. The molecule has 1 aliphatic rings. The van der Waals surface area contributed by atoms with Crippen molar-refractivity contribution in [1.29, 1.82) is 0 Å². The second kappa shape index (κ2) is 9.47. The first-order valence-electron chi connectivity index (χ1n) is 11.5. The molecule has 5 rings (SSSR count). The molecule has 2 aromatic carbocycles. The summed E-state index contributed by atoms with van der Waals surface area (Å²) in [6, 6.07) is 21.4. The molecule has 174 valence electrons. The molecule has 0 saturated carbocycles. The van der Waals surface area contributed by atoms with Crippen molar-refractivity contribution in [3.63, 3.8) is 0 Å². The first-order valence-corrected chi connectivity index (χ1v) is 11.5. The molecule has 7 nitrogen and oxygen atoms in total. The molecule has 1 atom stereocenters. The summed E-state index contributed by atoms with van der Waals surface area (Å²) in [5.41, 5.74) is 3.70. The fourth-order valence-corrected chi connectivity index (χ4v) is 4.61. The molecule has 7 heteroatoms. The highest BCUT2D eigenvalue weighted by Gasteiger charge is 2.28. The van der Waals surface area contributed by atoms with Gasteiger partial charge in [-0.1, -0.05) is 24.3 Å². The van der Waals surface area contributed by atoms with Gasteiger partial charge in [0.05, 0.1) is 25.4 Å². The lowest BCUT2D eigenvalue weighted by Gasteiger charge is -2.32. The number of rotatable bonds is 5. The number of methoxy groups -OCH3 is 2. The van der Waals surface area contributed by atoms with Crippen molar-refractivity contribution in [2.45, 2.75) is 18.8 Å². The maximum atomic E-state index is 13.0. The minimum atomic E-state index is -0.105. The van der Waals surface area contributed by atoms with Crippen LogP contribution < -0.4 is 14.8 Å². The Morgan fingerprint density at radius 2 is 1.79 bits per heavy atom. The molecule has 4 aromatic rings. The zero-order chi connectivity index (χ0) is 23.5. The van der Waals surface area contributed by atoms with Crippen molar-refractivity contribution in [3.8, 4) is 22.8 Å². The number of anilines is 1. The van der Waals surface area contributed by atoms with Crippen LogP contribution in [0.3, 0.4) is 0 Å². The fourth-order valence-electron chi connectivity index (χ4n) is 4.61. The Hall–Kier alpha value is -4.00. The van der Waals surface area contributed by atoms with E-state index in [9.17, 15) is 4.79 Å². The number of benzene rings is 2. The SMILES string of the molecule is COc1cccc(NC(=O)N2CCC[C@@H](c3nc(-c4cccc(OC)c4)c4ccccn34)C2)c1. The molecule has 3 heterocycles. The van der Waals surface area contributed by atoms with Gasteiger partial charge in [0.25, 0.3) is 0 Å². The molecule has 2 aromatic heterocycles. The van der Waals surface area contributed by atoms with E-state index in [1.807, 2.05) is 59.5 Å². The predicted molar refractivity (Wildman–Crippen MR) is 133 cm³/mol. The lowest BCUT2D eigenvalue weighted by molar-refractivity contribution is 0.191. The molecule has 1 fully saturated rings. The van der Waals surface area contributed by atoms with Crippen LogP contribution in [0.5, 0.6) is 11.5 Å². The smallest absolute Gasteiger partial charge is 0.321 e. The lowest BCUT2D eigenvalue weighted by atomic mass is 9.97. The summed E-state index contributed by atoms with van der Waals surface area (Å²) >= 11 is 0. The van der Waals surface area contributed by atoms with E-state index in [-0.39, 0.29) is 11.9 Å². The maximum Gasteiger partial charge on any atom is 0.321 e. The van der Waals surface area contributed by atoms with Crippen LogP contribution >= 0.6 is 0 Å². The number of ether oxygens (including phenoxy) is 2. The number of piperidine rings is 1. The molecular formula is C27H28N4O3. The van der Waals surface area contributed by atoms with Crippen molar-refractivity contribution in [1.82, 2.24) is 14.3 Å². The number of nitrogens with zero attached hydrogens (tertiary/aromatic N) is 3. The van der Waals surface area contributed by atoms with E-state index in [1.165, 1.54) is 0 Å². The summed E-state index contributed by atoms with van der Waals surface area (Å²) < 4.78 is 12.8. The Morgan fingerprint density at radius 3 is 2.62 bits per heavy atom. The zero-order valence-corrected chi connectivity index (χ0v) is 19.4. The summed E-state index contributed by atoms with van der Waals surface area (Å²) in [5, 5.41) is 3.01. The number of aromatic nitrogens is 2. The number of imidazole rings is 1. The number of carbonyl (C=O) groups is 1. The number of amides is 2. The highest BCUT2D eigenvalue weighted by atomic mass is 16.5. The van der Waals surface area contributed by atoms with Crippen LogP contribution in [-0.2, 0) is 0 Å². The second-order valence-corrected chi connectivity index (χ2v) is 8.45. The summed E-state index contributed by atoms with van der Waals surface area (Å²) in [6.45, 7) is 1.33. The van der Waals surface area contributed by atoms with Crippen LogP contribution in [-0.4, -0.2) is 47.6 Å². The minimum absolute atomic E-state index is 0.105. The summed E-state index contributed by atoms with van der Waals surface area (Å²) in [5.74, 6) is 2.63. The first kappa shape index (κ1) is 21.8. The Labute approximate surface area is 198 Å². The van der Waals surface area contributed by atoms with Crippen LogP contribution in [0, 0.1) is 0 Å². The third kappa shape index (κ3) is 4.29. The van der Waals surface area contributed by atoms with E-state index in [0.29, 0.717) is 12.3 Å². The van der Waals surface area contributed by atoms with Gasteiger partial charge in [0.2, 0.25) is 0 Å². The standard InChI is InChI=1S/C27H28N4O3/c1-33-22-11-5-8-19(16-22)25-24-13-3-4-15-31(24)26(29-25)20-9-7-14-30(18-20)27(32)28-21-10-6-12-23(17-21)34-2/h3-6,8,10-13,15-17,20H,7,9,14,18H2,1-2H3,(H,28,32)/t20-/m1/s1. The number of carbonyl (C=O) groups excluding carboxylic acids is 1. The molecular weight excluding hydrogens is 428 g/mol. The van der Waals surface area contributed by atoms with Gasteiger partial charge in [-0.2, -0.15) is 0 Å². The van der Waals surface area contributed by atoms with Crippen LogP contribution in [0.4, 0.5) is 10.5 Å². The molecule has 1 aliphatic heterocycles. The van der Waals surface area contributed by atoms with Gasteiger partial charge in [0.15, 0.2) is 0 Å². The monoisotopic (exact) mass is 456 g/mol. The predicted octanol–water partition coefficient (Wildman–Crippen LogP) is 5.43. The van der Waals surface area contributed by atoms with Crippen LogP contribution in [0.15, 0.2) is 72.9 Å². The van der Waals surface area contributed by atoms with Gasteiger partial charge in [-0.3, -0.25) is 0 Å². The van der Waals surface area contributed by atoms with Gasteiger partial charge < -0.3 is 24.1 Å². The quantitative estimate of drug-likeness (QED) is 0.435. The Balaban J connectivity index is 1.42. The third-order valence-corrected chi connectivity index (χ3v) is 6.31. The average molecular weight is 457 g/mol. The average Bonchev–Trinajstić information content (AvgIpc) is 3.29. The molecule has 0 unspecified atom stereocenters. The maximum absolute atomic E-state index is 13.0. The molecule has 0 spiro atoms. The zero-order valence-electron chi connectivity index (χ0n) is 19.4. The van der Waals surface area contributed by atoms with Crippen molar-refractivity contribution in [2.75, 3.05) is 32.6 Å². The molecule has 2 amide bonds. The minimum Gasteiger partial charge on any atom is -0.497 e. The molecule has 1 saturated heterocycles. The van der Waals surface area contributed by atoms with Crippen molar-refractivity contribution in [2.24, 2.45) is 0 Å².